The zero-order valence-corrected chi connectivity index (χ0v) is 17.3. The van der Waals surface area contributed by atoms with Gasteiger partial charge in [0.1, 0.15) is 5.75 Å². The molecule has 1 aliphatic heterocycles. The van der Waals surface area contributed by atoms with E-state index in [1.807, 2.05) is 31.2 Å². The SMILES string of the molecule is COc1ccc(S(=O)(=O)N2CCCC2)cc1C(=O)N(C)Cc1ccc(C)cc1. The van der Waals surface area contributed by atoms with Crippen molar-refractivity contribution in [2.24, 2.45) is 0 Å². The van der Waals surface area contributed by atoms with Gasteiger partial charge in [-0.05, 0) is 43.5 Å². The quantitative estimate of drug-likeness (QED) is 0.745. The average molecular weight is 403 g/mol. The van der Waals surface area contributed by atoms with Crippen molar-refractivity contribution in [3.8, 4) is 5.75 Å². The number of aryl methyl sites for hydroxylation is 1. The molecule has 28 heavy (non-hydrogen) atoms. The number of carbonyl (C=O) groups excluding carboxylic acids is 1. The minimum absolute atomic E-state index is 0.127. The van der Waals surface area contributed by atoms with E-state index in [-0.39, 0.29) is 16.4 Å². The topological polar surface area (TPSA) is 66.9 Å². The van der Waals surface area contributed by atoms with Gasteiger partial charge in [-0.1, -0.05) is 29.8 Å². The lowest BCUT2D eigenvalue weighted by atomic mass is 10.1. The molecule has 0 bridgehead atoms. The van der Waals surface area contributed by atoms with Crippen LogP contribution in [0.25, 0.3) is 0 Å². The lowest BCUT2D eigenvalue weighted by molar-refractivity contribution is 0.0781. The molecule has 6 nitrogen and oxygen atoms in total. The third kappa shape index (κ3) is 4.20. The molecule has 150 valence electrons. The van der Waals surface area contributed by atoms with E-state index in [1.54, 1.807) is 18.0 Å². The fourth-order valence-corrected chi connectivity index (χ4v) is 4.88. The van der Waals surface area contributed by atoms with E-state index in [1.165, 1.54) is 23.5 Å². The Balaban J connectivity index is 1.88. The van der Waals surface area contributed by atoms with Crippen molar-refractivity contribution < 1.29 is 17.9 Å². The number of carbonyl (C=O) groups is 1. The van der Waals surface area contributed by atoms with Gasteiger partial charge in [0.05, 0.1) is 17.6 Å². The Morgan fingerprint density at radius 1 is 1.11 bits per heavy atom. The highest BCUT2D eigenvalue weighted by Gasteiger charge is 2.29. The molecule has 1 saturated heterocycles. The first-order chi connectivity index (χ1) is 13.3. The van der Waals surface area contributed by atoms with Crippen LogP contribution in [-0.2, 0) is 16.6 Å². The predicted octanol–water partition coefficient (Wildman–Crippen LogP) is 3.06. The third-order valence-corrected chi connectivity index (χ3v) is 6.89. The first-order valence-electron chi connectivity index (χ1n) is 9.32. The number of hydrogen-bond donors (Lipinski definition) is 0. The first-order valence-corrected chi connectivity index (χ1v) is 10.8. The molecule has 3 rings (SSSR count). The average Bonchev–Trinajstić information content (AvgIpc) is 3.24. The number of rotatable bonds is 6. The first kappa shape index (κ1) is 20.4. The van der Waals surface area contributed by atoms with Crippen LogP contribution < -0.4 is 4.74 Å². The second kappa shape index (κ2) is 8.32. The molecule has 2 aromatic rings. The van der Waals surface area contributed by atoms with E-state index in [0.29, 0.717) is 25.4 Å². The molecule has 0 radical (unpaired) electrons. The van der Waals surface area contributed by atoms with Crippen molar-refractivity contribution in [3.63, 3.8) is 0 Å². The summed E-state index contributed by atoms with van der Waals surface area (Å²) in [5.41, 5.74) is 2.40. The van der Waals surface area contributed by atoms with Gasteiger partial charge in [0.15, 0.2) is 0 Å². The number of ether oxygens (including phenoxy) is 1. The van der Waals surface area contributed by atoms with Crippen LogP contribution >= 0.6 is 0 Å². The highest BCUT2D eigenvalue weighted by atomic mass is 32.2. The monoisotopic (exact) mass is 402 g/mol. The van der Waals surface area contributed by atoms with E-state index in [2.05, 4.69) is 0 Å². The normalized spacial score (nSPS) is 14.8. The van der Waals surface area contributed by atoms with Crippen molar-refractivity contribution in [3.05, 3.63) is 59.2 Å². The predicted molar refractivity (Wildman–Crippen MR) is 108 cm³/mol. The summed E-state index contributed by atoms with van der Waals surface area (Å²) in [4.78, 5) is 14.7. The summed E-state index contributed by atoms with van der Waals surface area (Å²) in [6.07, 6.45) is 1.72. The molecule has 0 aliphatic carbocycles. The van der Waals surface area contributed by atoms with Gasteiger partial charge in [-0.3, -0.25) is 4.79 Å². The Labute approximate surface area is 166 Å². The molecular formula is C21H26N2O4S. The molecular weight excluding hydrogens is 376 g/mol. The largest absolute Gasteiger partial charge is 0.496 e. The van der Waals surface area contributed by atoms with Crippen molar-refractivity contribution in [1.82, 2.24) is 9.21 Å². The maximum Gasteiger partial charge on any atom is 0.257 e. The van der Waals surface area contributed by atoms with Crippen LogP contribution in [0.1, 0.15) is 34.3 Å². The molecule has 1 amide bonds. The van der Waals surface area contributed by atoms with Crippen LogP contribution in [0.4, 0.5) is 0 Å². The lowest BCUT2D eigenvalue weighted by Crippen LogP contribution is -2.29. The van der Waals surface area contributed by atoms with E-state index in [4.69, 9.17) is 4.74 Å². The zero-order chi connectivity index (χ0) is 20.3. The third-order valence-electron chi connectivity index (χ3n) is 4.99. The molecule has 1 fully saturated rings. The highest BCUT2D eigenvalue weighted by Crippen LogP contribution is 2.27. The van der Waals surface area contributed by atoms with E-state index >= 15 is 0 Å². The van der Waals surface area contributed by atoms with Crippen LogP contribution in [0, 0.1) is 6.92 Å². The molecule has 0 N–H and O–H groups in total. The van der Waals surface area contributed by atoms with E-state index in [0.717, 1.165) is 24.0 Å². The fraction of sp³-hybridized carbons (Fsp3) is 0.381. The van der Waals surface area contributed by atoms with E-state index < -0.39 is 10.0 Å². The molecule has 0 atom stereocenters. The molecule has 1 heterocycles. The van der Waals surface area contributed by atoms with Crippen LogP contribution in [0.3, 0.4) is 0 Å². The number of nitrogens with zero attached hydrogens (tertiary/aromatic N) is 2. The van der Waals surface area contributed by atoms with Crippen LogP contribution in [0.15, 0.2) is 47.4 Å². The van der Waals surface area contributed by atoms with Gasteiger partial charge in [-0.2, -0.15) is 4.31 Å². The Bertz CT molecular complexity index is 949. The fourth-order valence-electron chi connectivity index (χ4n) is 3.34. The summed E-state index contributed by atoms with van der Waals surface area (Å²) >= 11 is 0. The number of benzene rings is 2. The highest BCUT2D eigenvalue weighted by molar-refractivity contribution is 7.89. The number of amides is 1. The standard InChI is InChI=1S/C21H26N2O4S/c1-16-6-8-17(9-7-16)15-22(2)21(24)19-14-18(10-11-20(19)27-3)28(25,26)23-12-4-5-13-23/h6-11,14H,4-5,12-13,15H2,1-3H3. The second-order valence-electron chi connectivity index (χ2n) is 7.12. The summed E-state index contributed by atoms with van der Waals surface area (Å²) in [6, 6.07) is 12.4. The smallest absolute Gasteiger partial charge is 0.257 e. The van der Waals surface area contributed by atoms with Gasteiger partial charge >= 0.3 is 0 Å². The minimum atomic E-state index is -3.60. The number of methoxy groups -OCH3 is 1. The summed E-state index contributed by atoms with van der Waals surface area (Å²) in [7, 11) is -0.431. The van der Waals surface area contributed by atoms with Gasteiger partial charge < -0.3 is 9.64 Å². The Kier molecular flexibility index (Phi) is 6.05. The number of sulfonamides is 1. The van der Waals surface area contributed by atoms with Gasteiger partial charge in [-0.15, -0.1) is 0 Å². The molecule has 0 unspecified atom stereocenters. The molecule has 1 aliphatic rings. The zero-order valence-electron chi connectivity index (χ0n) is 16.5. The maximum absolute atomic E-state index is 13.0. The molecule has 2 aromatic carbocycles. The maximum atomic E-state index is 13.0. The molecule has 7 heteroatoms. The molecule has 0 aromatic heterocycles. The number of hydrogen-bond acceptors (Lipinski definition) is 4. The Morgan fingerprint density at radius 3 is 2.36 bits per heavy atom. The Morgan fingerprint density at radius 2 is 1.75 bits per heavy atom. The summed E-state index contributed by atoms with van der Waals surface area (Å²) < 4.78 is 32.5. The summed E-state index contributed by atoms with van der Waals surface area (Å²) in [5, 5.41) is 0. The molecule has 0 saturated carbocycles. The lowest BCUT2D eigenvalue weighted by Gasteiger charge is -2.21. The van der Waals surface area contributed by atoms with Gasteiger partial charge in [0, 0.05) is 26.7 Å². The van der Waals surface area contributed by atoms with Crippen LogP contribution in [0.2, 0.25) is 0 Å². The van der Waals surface area contributed by atoms with Crippen molar-refractivity contribution in [2.45, 2.75) is 31.2 Å². The van der Waals surface area contributed by atoms with Crippen molar-refractivity contribution >= 4 is 15.9 Å². The van der Waals surface area contributed by atoms with Crippen LogP contribution in [0.5, 0.6) is 5.75 Å². The Hall–Kier alpha value is -2.38. The van der Waals surface area contributed by atoms with Crippen molar-refractivity contribution in [2.75, 3.05) is 27.2 Å². The molecule has 0 spiro atoms. The van der Waals surface area contributed by atoms with Gasteiger partial charge in [0.2, 0.25) is 10.0 Å². The van der Waals surface area contributed by atoms with Gasteiger partial charge in [0.25, 0.3) is 5.91 Å². The second-order valence-corrected chi connectivity index (χ2v) is 9.06. The van der Waals surface area contributed by atoms with E-state index in [9.17, 15) is 13.2 Å². The summed E-state index contributed by atoms with van der Waals surface area (Å²) in [6.45, 7) is 3.47. The van der Waals surface area contributed by atoms with Crippen LogP contribution in [-0.4, -0.2) is 50.8 Å². The minimum Gasteiger partial charge on any atom is -0.496 e. The van der Waals surface area contributed by atoms with Crippen molar-refractivity contribution in [1.29, 1.82) is 0 Å². The van der Waals surface area contributed by atoms with Gasteiger partial charge in [-0.25, -0.2) is 8.42 Å². The summed E-state index contributed by atoms with van der Waals surface area (Å²) in [5.74, 6) is 0.0806.